The zero-order valence-electron chi connectivity index (χ0n) is 24.3. The molecule has 12 unspecified atom stereocenters. The first-order valence-corrected chi connectivity index (χ1v) is 15.2. The summed E-state index contributed by atoms with van der Waals surface area (Å²) in [7, 11) is 10.8. The lowest BCUT2D eigenvalue weighted by Crippen LogP contribution is -2.56. The van der Waals surface area contributed by atoms with E-state index in [2.05, 4.69) is 0 Å². The van der Waals surface area contributed by atoms with Crippen molar-refractivity contribution >= 4 is 0 Å². The van der Waals surface area contributed by atoms with Crippen molar-refractivity contribution in [3.8, 4) is 0 Å². The number of fused-ring (bicyclic) bond motifs is 12. The molecule has 9 heteroatoms. The Bertz CT molecular complexity index is 752. The van der Waals surface area contributed by atoms with Crippen LogP contribution in [0.5, 0.6) is 0 Å². The molecule has 0 aromatic carbocycles. The Morgan fingerprint density at radius 1 is 0.359 bits per heavy atom. The van der Waals surface area contributed by atoms with Crippen LogP contribution in [-0.2, 0) is 42.6 Å². The fraction of sp³-hybridized carbons (Fsp3) is 1.00. The van der Waals surface area contributed by atoms with E-state index in [0.29, 0.717) is 35.5 Å². The first-order chi connectivity index (χ1) is 19.0. The molecule has 7 rings (SSSR count). The lowest BCUT2D eigenvalue weighted by molar-refractivity contribution is -0.133. The summed E-state index contributed by atoms with van der Waals surface area (Å²) in [6, 6.07) is 0. The maximum Gasteiger partial charge on any atom is 0.0857 e. The molecule has 0 radical (unpaired) electrons. The Kier molecular flexibility index (Phi) is 7.55. The molecule has 0 bridgehead atoms. The SMILES string of the molecule is COC1CC2OC3C(C2CC1OC)C1OC2CC(OC)C(OC)CC2C1C1OC2CC(OC)C(OC)CC2C31. The Labute approximate surface area is 232 Å². The van der Waals surface area contributed by atoms with Crippen molar-refractivity contribution in [2.45, 2.75) is 112 Å². The lowest BCUT2D eigenvalue weighted by Gasteiger charge is -2.47. The van der Waals surface area contributed by atoms with Crippen LogP contribution in [0, 0.1) is 35.5 Å². The average Bonchev–Trinajstić information content (AvgIpc) is 3.64. The molecule has 7 aliphatic rings. The fourth-order valence-corrected chi connectivity index (χ4v) is 10.5. The van der Waals surface area contributed by atoms with Crippen molar-refractivity contribution in [3.63, 3.8) is 0 Å². The van der Waals surface area contributed by atoms with Gasteiger partial charge in [0, 0.05) is 79.7 Å². The van der Waals surface area contributed by atoms with Gasteiger partial charge in [-0.2, -0.15) is 0 Å². The standard InChI is InChI=1S/C30H48O9/c1-31-19-7-13-16(10-22(19)34-4)37-28-25(13)29-27(14-8-20(32-2)23(35-5)11-17(14)38-29)30-26(28)15-9-21(33-3)24(36-6)12-18(15)39-30/h13-30H,7-12H2,1-6H3. The van der Waals surface area contributed by atoms with E-state index in [4.69, 9.17) is 42.6 Å². The lowest BCUT2D eigenvalue weighted by atomic mass is 9.57. The first kappa shape index (κ1) is 27.5. The summed E-state index contributed by atoms with van der Waals surface area (Å²) in [6.45, 7) is 0. The molecule has 3 saturated heterocycles. The van der Waals surface area contributed by atoms with Crippen LogP contribution >= 0.6 is 0 Å². The monoisotopic (exact) mass is 552 g/mol. The fourth-order valence-electron chi connectivity index (χ4n) is 10.5. The topological polar surface area (TPSA) is 83.1 Å². The summed E-state index contributed by atoms with van der Waals surface area (Å²) in [5.74, 6) is 2.16. The van der Waals surface area contributed by atoms with Gasteiger partial charge in [-0.05, 0) is 37.0 Å². The van der Waals surface area contributed by atoms with Gasteiger partial charge in [-0.25, -0.2) is 0 Å². The molecule has 222 valence electrons. The van der Waals surface area contributed by atoms with Crippen LogP contribution in [-0.4, -0.2) is 116 Å². The van der Waals surface area contributed by atoms with E-state index < -0.39 is 0 Å². The molecule has 0 spiro atoms. The second-order valence-corrected chi connectivity index (χ2v) is 13.2. The summed E-state index contributed by atoms with van der Waals surface area (Å²) < 4.78 is 56.8. The number of rotatable bonds is 6. The highest BCUT2D eigenvalue weighted by atomic mass is 16.6. The van der Waals surface area contributed by atoms with E-state index in [1.54, 1.807) is 21.3 Å². The number of hydrogen-bond acceptors (Lipinski definition) is 9. The maximum absolute atomic E-state index is 7.11. The minimum atomic E-state index is 0.0580. The predicted molar refractivity (Wildman–Crippen MR) is 139 cm³/mol. The summed E-state index contributed by atoms with van der Waals surface area (Å²) >= 11 is 0. The number of methoxy groups -OCH3 is 6. The van der Waals surface area contributed by atoms with Gasteiger partial charge >= 0.3 is 0 Å². The predicted octanol–water partition coefficient (Wildman–Crippen LogP) is 2.47. The summed E-state index contributed by atoms with van der Waals surface area (Å²) in [5, 5.41) is 0. The minimum Gasteiger partial charge on any atom is -0.379 e. The zero-order chi connectivity index (χ0) is 27.0. The summed E-state index contributed by atoms with van der Waals surface area (Å²) in [4.78, 5) is 0. The largest absolute Gasteiger partial charge is 0.379 e. The van der Waals surface area contributed by atoms with Crippen molar-refractivity contribution in [3.05, 3.63) is 0 Å². The van der Waals surface area contributed by atoms with Crippen molar-refractivity contribution in [1.29, 1.82) is 0 Å². The Morgan fingerprint density at radius 3 is 0.821 bits per heavy atom. The molecule has 0 amide bonds. The van der Waals surface area contributed by atoms with E-state index >= 15 is 0 Å². The zero-order valence-corrected chi connectivity index (χ0v) is 24.3. The third-order valence-corrected chi connectivity index (χ3v) is 12.2. The summed E-state index contributed by atoms with van der Waals surface area (Å²) in [6.07, 6.45) is 6.68. The van der Waals surface area contributed by atoms with Gasteiger partial charge in [-0.1, -0.05) is 0 Å². The molecule has 4 saturated carbocycles. The van der Waals surface area contributed by atoms with E-state index in [1.165, 1.54) is 0 Å². The van der Waals surface area contributed by atoms with Crippen LogP contribution in [0.25, 0.3) is 0 Å². The van der Waals surface area contributed by atoms with Gasteiger partial charge in [0.25, 0.3) is 0 Å². The highest BCUT2D eigenvalue weighted by Gasteiger charge is 2.70. The Morgan fingerprint density at radius 2 is 0.590 bits per heavy atom. The van der Waals surface area contributed by atoms with Gasteiger partial charge in [0.15, 0.2) is 0 Å². The number of hydrogen-bond donors (Lipinski definition) is 0. The molecule has 9 nitrogen and oxygen atoms in total. The Balaban J connectivity index is 1.25. The maximum atomic E-state index is 7.11. The molecule has 0 aromatic rings. The van der Waals surface area contributed by atoms with Crippen LogP contribution in [0.3, 0.4) is 0 Å². The molecule has 12 atom stereocenters. The molecule has 0 N–H and O–H groups in total. The van der Waals surface area contributed by atoms with Gasteiger partial charge in [0.05, 0.1) is 73.2 Å². The third kappa shape index (κ3) is 4.13. The quantitative estimate of drug-likeness (QED) is 0.494. The number of ether oxygens (including phenoxy) is 9. The van der Waals surface area contributed by atoms with Gasteiger partial charge in [-0.3, -0.25) is 0 Å². The van der Waals surface area contributed by atoms with Crippen LogP contribution in [0.2, 0.25) is 0 Å². The second-order valence-electron chi connectivity index (χ2n) is 13.2. The average molecular weight is 553 g/mol. The van der Waals surface area contributed by atoms with Crippen molar-refractivity contribution in [2.75, 3.05) is 42.7 Å². The van der Waals surface area contributed by atoms with E-state index in [9.17, 15) is 0 Å². The molecule has 0 aromatic heterocycles. The van der Waals surface area contributed by atoms with E-state index in [-0.39, 0.29) is 73.2 Å². The van der Waals surface area contributed by atoms with Crippen LogP contribution in [0.1, 0.15) is 38.5 Å². The Hall–Kier alpha value is -0.360. The molecular weight excluding hydrogens is 504 g/mol. The smallest absolute Gasteiger partial charge is 0.0857 e. The molecule has 39 heavy (non-hydrogen) atoms. The van der Waals surface area contributed by atoms with Crippen molar-refractivity contribution < 1.29 is 42.6 Å². The highest BCUT2D eigenvalue weighted by Crippen LogP contribution is 2.63. The molecule has 3 heterocycles. The van der Waals surface area contributed by atoms with Gasteiger partial charge in [-0.15, -0.1) is 0 Å². The second kappa shape index (κ2) is 10.7. The summed E-state index contributed by atoms with van der Waals surface area (Å²) in [5.41, 5.74) is 0. The normalized spacial score (nSPS) is 57.7. The van der Waals surface area contributed by atoms with E-state index in [0.717, 1.165) is 38.5 Å². The molecule has 7 fully saturated rings. The first-order valence-electron chi connectivity index (χ1n) is 15.2. The van der Waals surface area contributed by atoms with Gasteiger partial charge in [0.1, 0.15) is 0 Å². The van der Waals surface area contributed by atoms with Gasteiger partial charge < -0.3 is 42.6 Å². The minimum absolute atomic E-state index is 0.0580. The molecule has 3 aliphatic heterocycles. The van der Waals surface area contributed by atoms with Crippen LogP contribution in [0.15, 0.2) is 0 Å². The molecular formula is C30H48O9. The van der Waals surface area contributed by atoms with Gasteiger partial charge in [0.2, 0.25) is 0 Å². The molecule has 4 aliphatic carbocycles. The van der Waals surface area contributed by atoms with Crippen molar-refractivity contribution in [2.24, 2.45) is 35.5 Å². The van der Waals surface area contributed by atoms with Crippen molar-refractivity contribution in [1.82, 2.24) is 0 Å². The van der Waals surface area contributed by atoms with Crippen LogP contribution < -0.4 is 0 Å². The van der Waals surface area contributed by atoms with E-state index in [1.807, 2.05) is 21.3 Å². The van der Waals surface area contributed by atoms with Crippen LogP contribution in [0.4, 0.5) is 0 Å². The highest BCUT2D eigenvalue weighted by molar-refractivity contribution is 5.18. The third-order valence-electron chi connectivity index (χ3n) is 12.2.